The average molecular weight is 777 g/mol. The van der Waals surface area contributed by atoms with E-state index in [9.17, 15) is 0 Å². The molecule has 1 aliphatic carbocycles. The topological polar surface area (TPSA) is 68.1 Å². The smallest absolute Gasteiger partial charge is 0.205 e. The summed E-state index contributed by atoms with van der Waals surface area (Å²) in [6.07, 6.45) is 6.96. The maximum Gasteiger partial charge on any atom is 0.205 e. The first kappa shape index (κ1) is 38.4. The Morgan fingerprint density at radius 3 is 1.83 bits per heavy atom. The number of aromatic nitrogens is 4. The zero-order chi connectivity index (χ0) is 39.9. The van der Waals surface area contributed by atoms with E-state index in [0.29, 0.717) is 19.0 Å². The molecule has 1 saturated carbocycles. The lowest BCUT2D eigenvalue weighted by Gasteiger charge is -2.34. The summed E-state index contributed by atoms with van der Waals surface area (Å²) in [5.41, 5.74) is 14.7. The molecule has 9 rings (SSSR count). The standard InChI is InChI=1S/C52H52N6O/c1-2-3-28-50-48(49(54-57(50)36-40-29-30-40)38-59-37-41-18-8-4-9-19-41)35-39-31-33-42(34-32-39)46-26-16-17-27-47(46)51-53-56-58(55-51)52(43-20-10-5-11-21-43,44-22-12-6-13-23-44)45-24-14-7-15-25-45/h4-27,31-34,40,49,54H,2-3,28-30,35-38H2,1H3. The van der Waals surface area contributed by atoms with Gasteiger partial charge >= 0.3 is 0 Å². The minimum absolute atomic E-state index is 0.146. The highest BCUT2D eigenvalue weighted by Crippen LogP contribution is 2.41. The minimum atomic E-state index is -0.843. The van der Waals surface area contributed by atoms with Gasteiger partial charge in [-0.25, -0.2) is 5.43 Å². The van der Waals surface area contributed by atoms with Crippen LogP contribution in [0.3, 0.4) is 0 Å². The number of hydrogen-bond acceptors (Lipinski definition) is 6. The number of hydrogen-bond donors (Lipinski definition) is 1. The highest BCUT2D eigenvalue weighted by molar-refractivity contribution is 5.80. The molecule has 0 spiro atoms. The van der Waals surface area contributed by atoms with Crippen LogP contribution in [0.5, 0.6) is 0 Å². The molecular weight excluding hydrogens is 725 g/mol. The lowest BCUT2D eigenvalue weighted by molar-refractivity contribution is 0.0917. The minimum Gasteiger partial charge on any atom is -0.375 e. The van der Waals surface area contributed by atoms with Crippen LogP contribution in [-0.2, 0) is 23.3 Å². The van der Waals surface area contributed by atoms with Crippen molar-refractivity contribution in [3.8, 4) is 22.5 Å². The Hall–Kier alpha value is -6.15. The van der Waals surface area contributed by atoms with Crippen LogP contribution in [0, 0.1) is 5.92 Å². The summed E-state index contributed by atoms with van der Waals surface area (Å²) >= 11 is 0. The molecule has 0 saturated heterocycles. The number of unbranched alkanes of at least 4 members (excludes halogenated alkanes) is 1. The van der Waals surface area contributed by atoms with Crippen molar-refractivity contribution in [2.24, 2.45) is 5.92 Å². The fourth-order valence-electron chi connectivity index (χ4n) is 8.61. The number of nitrogens with one attached hydrogen (secondary N) is 1. The number of benzene rings is 6. The maximum absolute atomic E-state index is 6.38. The van der Waals surface area contributed by atoms with E-state index in [1.807, 2.05) is 18.2 Å². The Kier molecular flexibility index (Phi) is 11.6. The van der Waals surface area contributed by atoms with Crippen molar-refractivity contribution >= 4 is 0 Å². The Morgan fingerprint density at radius 2 is 1.24 bits per heavy atom. The molecule has 296 valence electrons. The number of nitrogens with zero attached hydrogens (tertiary/aromatic N) is 5. The van der Waals surface area contributed by atoms with E-state index in [4.69, 9.17) is 20.1 Å². The fourth-order valence-corrected chi connectivity index (χ4v) is 8.61. The van der Waals surface area contributed by atoms with Gasteiger partial charge in [-0.2, -0.15) is 0 Å². The third-order valence-electron chi connectivity index (χ3n) is 11.8. The predicted octanol–water partition coefficient (Wildman–Crippen LogP) is 10.6. The average Bonchev–Trinajstić information content (AvgIpc) is 3.89. The highest BCUT2D eigenvalue weighted by atomic mass is 16.5. The summed E-state index contributed by atoms with van der Waals surface area (Å²) in [5, 5.41) is 17.3. The third kappa shape index (κ3) is 8.27. The van der Waals surface area contributed by atoms with Crippen LogP contribution in [0.25, 0.3) is 22.5 Å². The first-order valence-corrected chi connectivity index (χ1v) is 21.2. The molecule has 2 heterocycles. The van der Waals surface area contributed by atoms with Crippen molar-refractivity contribution in [2.45, 2.75) is 63.6 Å². The van der Waals surface area contributed by atoms with Crippen LogP contribution in [0.15, 0.2) is 181 Å². The number of rotatable bonds is 17. The third-order valence-corrected chi connectivity index (χ3v) is 11.8. The Morgan fingerprint density at radius 1 is 0.661 bits per heavy atom. The van der Waals surface area contributed by atoms with Crippen molar-refractivity contribution < 1.29 is 4.74 Å². The molecule has 7 aromatic rings. The molecule has 0 radical (unpaired) electrons. The van der Waals surface area contributed by atoms with Crippen molar-refractivity contribution in [2.75, 3.05) is 13.2 Å². The molecule has 59 heavy (non-hydrogen) atoms. The number of hydrazine groups is 1. The van der Waals surface area contributed by atoms with Gasteiger partial charge in [0, 0.05) is 17.8 Å². The van der Waals surface area contributed by atoms with Crippen molar-refractivity contribution in [1.29, 1.82) is 0 Å². The molecule has 7 heteroatoms. The molecule has 0 amide bonds. The van der Waals surface area contributed by atoms with E-state index in [1.165, 1.54) is 48.1 Å². The maximum atomic E-state index is 6.38. The first-order chi connectivity index (χ1) is 29.2. The van der Waals surface area contributed by atoms with Gasteiger partial charge in [0.25, 0.3) is 0 Å². The van der Waals surface area contributed by atoms with Gasteiger partial charge in [0.05, 0.1) is 19.3 Å². The fraction of sp³-hybridized carbons (Fsp3) is 0.250. The lowest BCUT2D eigenvalue weighted by atomic mass is 9.77. The molecule has 1 fully saturated rings. The van der Waals surface area contributed by atoms with Gasteiger partial charge < -0.3 is 9.75 Å². The van der Waals surface area contributed by atoms with E-state index in [-0.39, 0.29) is 6.04 Å². The van der Waals surface area contributed by atoms with Gasteiger partial charge in [-0.05, 0) is 87.8 Å². The molecule has 6 aromatic carbocycles. The van der Waals surface area contributed by atoms with E-state index in [2.05, 4.69) is 169 Å². The summed E-state index contributed by atoms with van der Waals surface area (Å²) < 4.78 is 6.38. The highest BCUT2D eigenvalue weighted by Gasteiger charge is 2.41. The second-order valence-electron chi connectivity index (χ2n) is 15.9. The second kappa shape index (κ2) is 17.8. The second-order valence-corrected chi connectivity index (χ2v) is 15.9. The van der Waals surface area contributed by atoms with Crippen LogP contribution < -0.4 is 5.43 Å². The van der Waals surface area contributed by atoms with Gasteiger partial charge in [-0.15, -0.1) is 15.0 Å². The molecule has 1 atom stereocenters. The van der Waals surface area contributed by atoms with Gasteiger partial charge in [0.15, 0.2) is 5.54 Å². The van der Waals surface area contributed by atoms with E-state index < -0.39 is 5.54 Å². The van der Waals surface area contributed by atoms with Gasteiger partial charge in [-0.1, -0.05) is 183 Å². The molecule has 1 N–H and O–H groups in total. The van der Waals surface area contributed by atoms with Gasteiger partial charge in [-0.3, -0.25) is 0 Å². The van der Waals surface area contributed by atoms with Crippen LogP contribution in [-0.4, -0.2) is 44.4 Å². The number of tetrazole rings is 1. The summed E-state index contributed by atoms with van der Waals surface area (Å²) in [6, 6.07) is 59.5. The number of ether oxygens (including phenoxy) is 1. The van der Waals surface area contributed by atoms with E-state index in [1.54, 1.807) is 4.80 Å². The monoisotopic (exact) mass is 776 g/mol. The Labute approximate surface area is 348 Å². The van der Waals surface area contributed by atoms with Gasteiger partial charge in [0.2, 0.25) is 5.82 Å². The first-order valence-electron chi connectivity index (χ1n) is 21.2. The largest absolute Gasteiger partial charge is 0.375 e. The molecule has 7 nitrogen and oxygen atoms in total. The molecule has 1 aliphatic heterocycles. The zero-order valence-corrected chi connectivity index (χ0v) is 33.8. The van der Waals surface area contributed by atoms with Crippen LogP contribution in [0.4, 0.5) is 0 Å². The molecule has 1 unspecified atom stereocenters. The Bertz CT molecular complexity index is 2350. The molecule has 2 aliphatic rings. The number of allylic oxidation sites excluding steroid dienone is 1. The zero-order valence-electron chi connectivity index (χ0n) is 33.8. The predicted molar refractivity (Wildman–Crippen MR) is 236 cm³/mol. The van der Waals surface area contributed by atoms with Crippen molar-refractivity contribution in [3.05, 3.63) is 209 Å². The van der Waals surface area contributed by atoms with Crippen molar-refractivity contribution in [1.82, 2.24) is 30.6 Å². The lowest BCUT2D eigenvalue weighted by Crippen LogP contribution is -2.41. The quantitative estimate of drug-likeness (QED) is 0.0929. The summed E-state index contributed by atoms with van der Waals surface area (Å²) in [4.78, 5) is 1.80. The molecule has 1 aromatic heterocycles. The normalized spacial score (nSPS) is 15.5. The Balaban J connectivity index is 1.02. The summed E-state index contributed by atoms with van der Waals surface area (Å²) in [7, 11) is 0. The summed E-state index contributed by atoms with van der Waals surface area (Å²) in [5.74, 6) is 1.36. The van der Waals surface area contributed by atoms with Crippen LogP contribution in [0.2, 0.25) is 0 Å². The van der Waals surface area contributed by atoms with E-state index >= 15 is 0 Å². The van der Waals surface area contributed by atoms with Crippen LogP contribution >= 0.6 is 0 Å². The van der Waals surface area contributed by atoms with Crippen LogP contribution in [0.1, 0.15) is 66.8 Å². The SMILES string of the molecule is CCCCC1=C(Cc2ccc(-c3ccccc3-c3nnn(C(c4ccccc4)(c4ccccc4)c4ccccc4)n3)cc2)C(COCc2ccccc2)NN1CC1CC1. The molecular formula is C52H52N6O. The van der Waals surface area contributed by atoms with E-state index in [0.717, 1.165) is 58.7 Å². The summed E-state index contributed by atoms with van der Waals surface area (Å²) in [6.45, 7) is 4.62. The van der Waals surface area contributed by atoms with Crippen molar-refractivity contribution in [3.63, 3.8) is 0 Å². The van der Waals surface area contributed by atoms with Gasteiger partial charge in [0.1, 0.15) is 0 Å². The molecule has 0 bridgehead atoms.